The summed E-state index contributed by atoms with van der Waals surface area (Å²) in [5.74, 6) is 1.70. The lowest BCUT2D eigenvalue weighted by Gasteiger charge is -2.32. The van der Waals surface area contributed by atoms with Crippen molar-refractivity contribution >= 4 is 5.96 Å². The van der Waals surface area contributed by atoms with Crippen molar-refractivity contribution in [3.8, 4) is 0 Å². The number of benzene rings is 1. The van der Waals surface area contributed by atoms with Crippen LogP contribution in [0.4, 0.5) is 0 Å². The van der Waals surface area contributed by atoms with Crippen LogP contribution in [0.15, 0.2) is 29.3 Å². The van der Waals surface area contributed by atoms with Crippen LogP contribution in [-0.2, 0) is 0 Å². The molecule has 1 N–H and O–H groups in total. The van der Waals surface area contributed by atoms with Gasteiger partial charge >= 0.3 is 0 Å². The van der Waals surface area contributed by atoms with Crippen molar-refractivity contribution in [2.24, 2.45) is 4.99 Å². The summed E-state index contributed by atoms with van der Waals surface area (Å²) < 4.78 is 0. The second-order valence-electron chi connectivity index (χ2n) is 5.45. The van der Waals surface area contributed by atoms with E-state index in [0.717, 1.165) is 32.0 Å². The number of nitrogens with one attached hydrogen (secondary N) is 1. The van der Waals surface area contributed by atoms with E-state index >= 15 is 0 Å². The van der Waals surface area contributed by atoms with Crippen molar-refractivity contribution in [2.75, 3.05) is 19.6 Å². The first kappa shape index (κ1) is 11.6. The molecule has 1 aromatic rings. The van der Waals surface area contributed by atoms with Crippen LogP contribution in [0.3, 0.4) is 0 Å². The summed E-state index contributed by atoms with van der Waals surface area (Å²) in [6.07, 6.45) is 1.13. The van der Waals surface area contributed by atoms with Crippen LogP contribution >= 0.6 is 0 Å². The molecule has 2 aliphatic rings. The highest BCUT2D eigenvalue weighted by Crippen LogP contribution is 2.29. The predicted molar refractivity (Wildman–Crippen MR) is 74.9 cm³/mol. The molecule has 96 valence electrons. The average Bonchev–Trinajstić information content (AvgIpc) is 2.87. The Bertz CT molecular complexity index is 447. The Morgan fingerprint density at radius 1 is 1.28 bits per heavy atom. The summed E-state index contributed by atoms with van der Waals surface area (Å²) in [6.45, 7) is 7.53. The maximum absolute atomic E-state index is 4.54. The van der Waals surface area contributed by atoms with E-state index in [1.807, 2.05) is 0 Å². The third kappa shape index (κ3) is 1.98. The summed E-state index contributed by atoms with van der Waals surface area (Å²) >= 11 is 0. The topological polar surface area (TPSA) is 27.6 Å². The standard InChI is InChI=1S/C15H21N3/c1-11(2)12-3-5-13(6-4-12)14-7-8-16-15-17-9-10-18(14)15/h3-6,11,14H,7-10H2,1-2H3,(H,16,17). The molecular weight excluding hydrogens is 222 g/mol. The lowest BCUT2D eigenvalue weighted by molar-refractivity contribution is 0.314. The largest absolute Gasteiger partial charge is 0.354 e. The van der Waals surface area contributed by atoms with Crippen molar-refractivity contribution in [1.82, 2.24) is 10.2 Å². The molecule has 3 nitrogen and oxygen atoms in total. The van der Waals surface area contributed by atoms with Gasteiger partial charge in [0, 0.05) is 19.6 Å². The number of rotatable bonds is 2. The van der Waals surface area contributed by atoms with Gasteiger partial charge in [0.25, 0.3) is 0 Å². The number of nitrogens with zero attached hydrogens (tertiary/aromatic N) is 2. The van der Waals surface area contributed by atoms with Crippen LogP contribution in [0.5, 0.6) is 0 Å². The van der Waals surface area contributed by atoms with Gasteiger partial charge in [-0.25, -0.2) is 0 Å². The highest BCUT2D eigenvalue weighted by molar-refractivity contribution is 5.82. The maximum atomic E-state index is 4.54. The summed E-state index contributed by atoms with van der Waals surface area (Å²) in [4.78, 5) is 6.96. The lowest BCUT2D eigenvalue weighted by Crippen LogP contribution is -2.37. The number of hydrogen-bond donors (Lipinski definition) is 1. The summed E-state index contributed by atoms with van der Waals surface area (Å²) in [5, 5.41) is 3.36. The van der Waals surface area contributed by atoms with E-state index in [0.29, 0.717) is 12.0 Å². The van der Waals surface area contributed by atoms with Gasteiger partial charge in [-0.15, -0.1) is 0 Å². The molecule has 0 saturated carbocycles. The van der Waals surface area contributed by atoms with Crippen LogP contribution in [0.25, 0.3) is 0 Å². The van der Waals surface area contributed by atoms with Gasteiger partial charge < -0.3 is 10.2 Å². The molecule has 0 spiro atoms. The van der Waals surface area contributed by atoms with Crippen LogP contribution < -0.4 is 5.32 Å². The smallest absolute Gasteiger partial charge is 0.194 e. The van der Waals surface area contributed by atoms with Gasteiger partial charge in [-0.1, -0.05) is 38.1 Å². The quantitative estimate of drug-likeness (QED) is 0.864. The molecule has 0 aromatic heterocycles. The molecule has 1 aromatic carbocycles. The van der Waals surface area contributed by atoms with Crippen molar-refractivity contribution in [1.29, 1.82) is 0 Å². The molecule has 1 unspecified atom stereocenters. The highest BCUT2D eigenvalue weighted by Gasteiger charge is 2.29. The van der Waals surface area contributed by atoms with Gasteiger partial charge in [0.15, 0.2) is 5.96 Å². The molecule has 3 heteroatoms. The van der Waals surface area contributed by atoms with E-state index in [2.05, 4.69) is 53.3 Å². The van der Waals surface area contributed by atoms with Crippen molar-refractivity contribution in [3.05, 3.63) is 35.4 Å². The van der Waals surface area contributed by atoms with Crippen LogP contribution in [-0.4, -0.2) is 30.5 Å². The van der Waals surface area contributed by atoms with Gasteiger partial charge in [-0.05, 0) is 23.5 Å². The zero-order chi connectivity index (χ0) is 12.5. The van der Waals surface area contributed by atoms with E-state index in [-0.39, 0.29) is 0 Å². The number of guanidine groups is 1. The summed E-state index contributed by atoms with van der Waals surface area (Å²) in [7, 11) is 0. The molecule has 0 aliphatic carbocycles. The van der Waals surface area contributed by atoms with Gasteiger partial charge in [0.05, 0.1) is 6.04 Å². The molecule has 0 radical (unpaired) electrons. The van der Waals surface area contributed by atoms with Crippen molar-refractivity contribution < 1.29 is 0 Å². The van der Waals surface area contributed by atoms with Crippen LogP contribution in [0.1, 0.15) is 43.4 Å². The van der Waals surface area contributed by atoms with Crippen molar-refractivity contribution in [3.63, 3.8) is 0 Å². The molecular formula is C15H21N3. The Balaban J connectivity index is 1.84. The minimum Gasteiger partial charge on any atom is -0.354 e. The average molecular weight is 243 g/mol. The summed E-state index contributed by atoms with van der Waals surface area (Å²) in [6, 6.07) is 9.64. The first-order valence-corrected chi connectivity index (χ1v) is 6.90. The van der Waals surface area contributed by atoms with Crippen LogP contribution in [0, 0.1) is 0 Å². The minimum atomic E-state index is 0.508. The zero-order valence-electron chi connectivity index (χ0n) is 11.2. The Kier molecular flexibility index (Phi) is 2.98. The van der Waals surface area contributed by atoms with Gasteiger partial charge in [0.1, 0.15) is 0 Å². The number of aliphatic imine (C=N–C) groups is 1. The van der Waals surface area contributed by atoms with E-state index in [1.165, 1.54) is 11.1 Å². The van der Waals surface area contributed by atoms with Gasteiger partial charge in [-0.3, -0.25) is 4.99 Å². The Morgan fingerprint density at radius 2 is 2.06 bits per heavy atom. The second kappa shape index (κ2) is 4.63. The monoisotopic (exact) mass is 243 g/mol. The van der Waals surface area contributed by atoms with Gasteiger partial charge in [-0.2, -0.15) is 0 Å². The fraction of sp³-hybridized carbons (Fsp3) is 0.533. The molecule has 0 bridgehead atoms. The van der Waals surface area contributed by atoms with E-state index in [1.54, 1.807) is 0 Å². The summed E-state index contributed by atoms with van der Waals surface area (Å²) in [5.41, 5.74) is 2.85. The predicted octanol–water partition coefficient (Wildman–Crippen LogP) is 2.52. The Labute approximate surface area is 109 Å². The Hall–Kier alpha value is -1.51. The first-order valence-electron chi connectivity index (χ1n) is 6.90. The minimum absolute atomic E-state index is 0.508. The van der Waals surface area contributed by atoms with E-state index < -0.39 is 0 Å². The fourth-order valence-electron chi connectivity index (χ4n) is 2.84. The third-order valence-electron chi connectivity index (χ3n) is 3.94. The molecule has 1 saturated heterocycles. The Morgan fingerprint density at radius 3 is 2.78 bits per heavy atom. The lowest BCUT2D eigenvalue weighted by atomic mass is 9.96. The highest BCUT2D eigenvalue weighted by atomic mass is 15.4. The molecule has 1 atom stereocenters. The normalized spacial score (nSPS) is 22.7. The molecule has 18 heavy (non-hydrogen) atoms. The second-order valence-corrected chi connectivity index (χ2v) is 5.45. The molecule has 1 fully saturated rings. The van der Waals surface area contributed by atoms with E-state index in [4.69, 9.17) is 0 Å². The first-order chi connectivity index (χ1) is 8.75. The van der Waals surface area contributed by atoms with E-state index in [9.17, 15) is 0 Å². The molecule has 3 rings (SSSR count). The molecule has 2 heterocycles. The third-order valence-corrected chi connectivity index (χ3v) is 3.94. The van der Waals surface area contributed by atoms with Crippen LogP contribution in [0.2, 0.25) is 0 Å². The molecule has 2 aliphatic heterocycles. The maximum Gasteiger partial charge on any atom is 0.194 e. The number of fused-ring (bicyclic) bond motifs is 1. The molecule has 0 amide bonds. The van der Waals surface area contributed by atoms with Gasteiger partial charge in [0.2, 0.25) is 0 Å². The zero-order valence-corrected chi connectivity index (χ0v) is 11.2. The van der Waals surface area contributed by atoms with Crippen molar-refractivity contribution in [2.45, 2.75) is 32.2 Å². The number of hydrogen-bond acceptors (Lipinski definition) is 3. The SMILES string of the molecule is CC(C)c1ccc(C2CCN=C3NCCN32)cc1. The fourth-order valence-corrected chi connectivity index (χ4v) is 2.84.